The van der Waals surface area contributed by atoms with Crippen molar-refractivity contribution >= 4 is 17.4 Å². The minimum atomic E-state index is -0.907. The van der Waals surface area contributed by atoms with E-state index in [9.17, 15) is 19.1 Å². The molecule has 1 saturated heterocycles. The Balaban J connectivity index is 1.88. The minimum Gasteiger partial charge on any atom is -0.507 e. The van der Waals surface area contributed by atoms with Gasteiger partial charge in [-0.1, -0.05) is 12.1 Å². The summed E-state index contributed by atoms with van der Waals surface area (Å²) in [4.78, 5) is 31.8. The number of rotatable bonds is 8. The third-order valence-electron chi connectivity index (χ3n) is 5.62. The molecule has 8 heteroatoms. The average molecular weight is 477 g/mol. The molecule has 0 spiro atoms. The Morgan fingerprint density at radius 1 is 1.03 bits per heavy atom. The summed E-state index contributed by atoms with van der Waals surface area (Å²) >= 11 is 0. The number of aromatic nitrogens is 1. The first-order valence-electron chi connectivity index (χ1n) is 11.3. The maximum absolute atomic E-state index is 13.5. The average Bonchev–Trinajstić information content (AvgIpc) is 3.11. The number of likely N-dealkylation sites (tertiary alicyclic amines) is 1. The second kappa shape index (κ2) is 10.4. The first-order valence-corrected chi connectivity index (χ1v) is 11.3. The Labute approximate surface area is 202 Å². The molecule has 1 unspecified atom stereocenters. The largest absolute Gasteiger partial charge is 0.507 e. The van der Waals surface area contributed by atoms with Crippen LogP contribution in [-0.2, 0) is 16.1 Å². The number of Topliss-reactive ketones (excluding diaryl/α,β-unsaturated/α-hetero) is 1. The smallest absolute Gasteiger partial charge is 0.295 e. The minimum absolute atomic E-state index is 0.0860. The number of amides is 1. The summed E-state index contributed by atoms with van der Waals surface area (Å²) in [5.74, 6) is -1.46. The molecule has 0 radical (unpaired) electrons. The second-order valence-electron chi connectivity index (χ2n) is 7.87. The molecule has 2 heterocycles. The first kappa shape index (κ1) is 23.9. The van der Waals surface area contributed by atoms with Crippen molar-refractivity contribution in [1.82, 2.24) is 9.88 Å². The molecule has 35 heavy (non-hydrogen) atoms. The third-order valence-corrected chi connectivity index (χ3v) is 5.62. The summed E-state index contributed by atoms with van der Waals surface area (Å²) < 4.78 is 24.9. The van der Waals surface area contributed by atoms with Crippen LogP contribution >= 0.6 is 0 Å². The molecule has 1 aliphatic heterocycles. The molecule has 7 nitrogen and oxygen atoms in total. The zero-order valence-electron chi connectivity index (χ0n) is 19.4. The topological polar surface area (TPSA) is 89.0 Å². The van der Waals surface area contributed by atoms with Crippen LogP contribution in [-0.4, -0.2) is 39.9 Å². The van der Waals surface area contributed by atoms with Gasteiger partial charge in [-0.05, 0) is 67.4 Å². The van der Waals surface area contributed by atoms with Crippen LogP contribution in [0, 0.1) is 5.82 Å². The SMILES string of the molecule is CCOc1ccc(C2/C(=C(/O)c3ccc(F)cc3)C(=O)C(=O)N2Cc2cccnc2)cc1OCC. The van der Waals surface area contributed by atoms with Gasteiger partial charge in [-0.15, -0.1) is 0 Å². The lowest BCUT2D eigenvalue weighted by molar-refractivity contribution is -0.140. The van der Waals surface area contributed by atoms with Crippen LogP contribution in [0.25, 0.3) is 5.76 Å². The van der Waals surface area contributed by atoms with Crippen molar-refractivity contribution in [3.05, 3.63) is 95.1 Å². The van der Waals surface area contributed by atoms with Crippen LogP contribution in [0.3, 0.4) is 0 Å². The van der Waals surface area contributed by atoms with E-state index >= 15 is 0 Å². The van der Waals surface area contributed by atoms with Crippen molar-refractivity contribution in [1.29, 1.82) is 0 Å². The van der Waals surface area contributed by atoms with E-state index in [1.54, 1.807) is 42.7 Å². The van der Waals surface area contributed by atoms with E-state index in [-0.39, 0.29) is 23.4 Å². The van der Waals surface area contributed by atoms with E-state index in [4.69, 9.17) is 9.47 Å². The first-order chi connectivity index (χ1) is 16.9. The number of ketones is 1. The number of aliphatic hydroxyl groups is 1. The van der Waals surface area contributed by atoms with Crippen LogP contribution in [0.5, 0.6) is 11.5 Å². The normalized spacial score (nSPS) is 17.0. The number of carbonyl (C=O) groups excluding carboxylic acids is 2. The van der Waals surface area contributed by atoms with Crippen molar-refractivity contribution in [2.45, 2.75) is 26.4 Å². The van der Waals surface area contributed by atoms with Gasteiger partial charge in [0.1, 0.15) is 11.6 Å². The highest BCUT2D eigenvalue weighted by molar-refractivity contribution is 6.46. The fraction of sp³-hybridized carbons (Fsp3) is 0.222. The Morgan fingerprint density at radius 2 is 1.74 bits per heavy atom. The molecule has 1 amide bonds. The number of ether oxygens (including phenoxy) is 2. The van der Waals surface area contributed by atoms with Gasteiger partial charge in [0, 0.05) is 24.5 Å². The summed E-state index contributed by atoms with van der Waals surface area (Å²) in [6.45, 7) is 4.61. The molecule has 1 fully saturated rings. The number of hydrogen-bond acceptors (Lipinski definition) is 6. The van der Waals surface area contributed by atoms with E-state index < -0.39 is 23.5 Å². The highest BCUT2D eigenvalue weighted by atomic mass is 19.1. The number of aliphatic hydroxyl groups excluding tert-OH is 1. The van der Waals surface area contributed by atoms with Crippen molar-refractivity contribution in [3.63, 3.8) is 0 Å². The predicted molar refractivity (Wildman–Crippen MR) is 127 cm³/mol. The van der Waals surface area contributed by atoms with Gasteiger partial charge in [0.15, 0.2) is 11.5 Å². The van der Waals surface area contributed by atoms with Crippen molar-refractivity contribution in [2.24, 2.45) is 0 Å². The van der Waals surface area contributed by atoms with Gasteiger partial charge in [0.25, 0.3) is 11.7 Å². The Hall–Kier alpha value is -4.20. The molecule has 180 valence electrons. The van der Waals surface area contributed by atoms with E-state index in [0.29, 0.717) is 30.3 Å². The zero-order valence-corrected chi connectivity index (χ0v) is 19.4. The molecule has 1 aromatic heterocycles. The van der Waals surface area contributed by atoms with Crippen LogP contribution in [0.15, 0.2) is 72.6 Å². The fourth-order valence-electron chi connectivity index (χ4n) is 4.08. The van der Waals surface area contributed by atoms with Crippen molar-refractivity contribution < 1.29 is 28.6 Å². The molecule has 1 atom stereocenters. The van der Waals surface area contributed by atoms with Crippen LogP contribution in [0.2, 0.25) is 0 Å². The number of benzene rings is 2. The standard InChI is InChI=1S/C27H25FN2O5/c1-3-34-21-12-9-19(14-22(21)35-4-2)24-23(25(31)18-7-10-20(28)11-8-18)26(32)27(33)30(24)16-17-6-5-13-29-15-17/h5-15,24,31H,3-4,16H2,1-2H3/b25-23-. The summed E-state index contributed by atoms with van der Waals surface area (Å²) in [5, 5.41) is 11.1. The molecular formula is C27H25FN2O5. The lowest BCUT2D eigenvalue weighted by Crippen LogP contribution is -2.29. The molecule has 4 rings (SSSR count). The molecule has 0 saturated carbocycles. The van der Waals surface area contributed by atoms with Gasteiger partial charge >= 0.3 is 0 Å². The maximum Gasteiger partial charge on any atom is 0.295 e. The molecule has 2 aromatic carbocycles. The lowest BCUT2D eigenvalue weighted by Gasteiger charge is -2.26. The Bertz CT molecular complexity index is 1260. The summed E-state index contributed by atoms with van der Waals surface area (Å²) in [6.07, 6.45) is 3.23. The molecule has 3 aromatic rings. The molecule has 1 aliphatic rings. The van der Waals surface area contributed by atoms with Crippen LogP contribution < -0.4 is 9.47 Å². The van der Waals surface area contributed by atoms with Crippen LogP contribution in [0.4, 0.5) is 4.39 Å². The van der Waals surface area contributed by atoms with Gasteiger partial charge in [0.2, 0.25) is 0 Å². The van der Waals surface area contributed by atoms with E-state index in [1.807, 2.05) is 13.8 Å². The van der Waals surface area contributed by atoms with Gasteiger partial charge in [-0.2, -0.15) is 0 Å². The molecular weight excluding hydrogens is 451 g/mol. The highest BCUT2D eigenvalue weighted by Crippen LogP contribution is 2.42. The van der Waals surface area contributed by atoms with Gasteiger partial charge < -0.3 is 19.5 Å². The van der Waals surface area contributed by atoms with Gasteiger partial charge in [-0.25, -0.2) is 4.39 Å². The lowest BCUT2D eigenvalue weighted by atomic mass is 9.95. The molecule has 0 aliphatic carbocycles. The third kappa shape index (κ3) is 4.87. The Kier molecular flexibility index (Phi) is 7.10. The number of halogens is 1. The summed E-state index contributed by atoms with van der Waals surface area (Å²) in [5.41, 5.74) is 1.42. The monoisotopic (exact) mass is 476 g/mol. The number of nitrogens with zero attached hydrogens (tertiary/aromatic N) is 2. The van der Waals surface area contributed by atoms with E-state index in [1.165, 1.54) is 29.2 Å². The zero-order chi connectivity index (χ0) is 24.9. The number of pyridine rings is 1. The fourth-order valence-corrected chi connectivity index (χ4v) is 4.08. The molecule has 0 bridgehead atoms. The van der Waals surface area contributed by atoms with Crippen molar-refractivity contribution in [2.75, 3.05) is 13.2 Å². The maximum atomic E-state index is 13.5. The van der Waals surface area contributed by atoms with E-state index in [0.717, 1.165) is 5.56 Å². The van der Waals surface area contributed by atoms with E-state index in [2.05, 4.69) is 4.98 Å². The quantitative estimate of drug-likeness (QED) is 0.290. The number of hydrogen-bond donors (Lipinski definition) is 1. The summed E-state index contributed by atoms with van der Waals surface area (Å²) in [7, 11) is 0. The second-order valence-corrected chi connectivity index (χ2v) is 7.87. The number of carbonyl (C=O) groups is 2. The predicted octanol–water partition coefficient (Wildman–Crippen LogP) is 4.64. The van der Waals surface area contributed by atoms with Crippen LogP contribution in [0.1, 0.15) is 36.6 Å². The molecule has 1 N–H and O–H groups in total. The van der Waals surface area contributed by atoms with Gasteiger partial charge in [0.05, 0.1) is 24.8 Å². The van der Waals surface area contributed by atoms with Crippen molar-refractivity contribution in [3.8, 4) is 11.5 Å². The van der Waals surface area contributed by atoms with Gasteiger partial charge in [-0.3, -0.25) is 14.6 Å². The highest BCUT2D eigenvalue weighted by Gasteiger charge is 2.46. The Morgan fingerprint density at radius 3 is 2.40 bits per heavy atom. The summed E-state index contributed by atoms with van der Waals surface area (Å²) in [6, 6.07) is 12.9.